The Morgan fingerprint density at radius 2 is 1.73 bits per heavy atom. The molecule has 1 saturated carbocycles. The number of hydrogen-bond donors (Lipinski definition) is 1. The summed E-state index contributed by atoms with van der Waals surface area (Å²) in [7, 11) is 0. The Hall–Kier alpha value is -1.39. The van der Waals surface area contributed by atoms with Crippen molar-refractivity contribution in [1.82, 2.24) is 9.80 Å². The lowest BCUT2D eigenvalue weighted by atomic mass is 10.1. The molecule has 0 bridgehead atoms. The Morgan fingerprint density at radius 3 is 2.45 bits per heavy atom. The molecule has 1 saturated heterocycles. The van der Waals surface area contributed by atoms with Crippen LogP contribution in [0.5, 0.6) is 0 Å². The summed E-state index contributed by atoms with van der Waals surface area (Å²) in [6.45, 7) is 3.77. The normalized spacial score (nSPS) is 22.5. The Kier molecular flexibility index (Phi) is 5.11. The van der Waals surface area contributed by atoms with E-state index in [4.69, 9.17) is 5.73 Å². The second-order valence-electron chi connectivity index (χ2n) is 6.54. The Morgan fingerprint density at radius 1 is 1.00 bits per heavy atom. The first-order valence-electron chi connectivity index (χ1n) is 8.59. The lowest BCUT2D eigenvalue weighted by Gasteiger charge is -2.28. The van der Waals surface area contributed by atoms with Gasteiger partial charge >= 0.3 is 0 Å². The maximum Gasteiger partial charge on any atom is 0.244 e. The van der Waals surface area contributed by atoms with Gasteiger partial charge < -0.3 is 10.6 Å². The van der Waals surface area contributed by atoms with E-state index in [1.54, 1.807) is 0 Å². The number of nitrogens with zero attached hydrogens (tertiary/aromatic N) is 2. The molecule has 1 amide bonds. The molecule has 2 aliphatic rings. The van der Waals surface area contributed by atoms with Crippen LogP contribution in [0.4, 0.5) is 0 Å². The molecule has 0 radical (unpaired) electrons. The highest BCUT2D eigenvalue weighted by atomic mass is 16.2. The molecular weight excluding hydrogens is 274 g/mol. The van der Waals surface area contributed by atoms with Crippen molar-refractivity contribution >= 4 is 5.91 Å². The summed E-state index contributed by atoms with van der Waals surface area (Å²) >= 11 is 0. The zero-order chi connectivity index (χ0) is 15.4. The van der Waals surface area contributed by atoms with Gasteiger partial charge in [0.25, 0.3) is 0 Å². The van der Waals surface area contributed by atoms with Crippen molar-refractivity contribution in [2.45, 2.75) is 44.2 Å². The molecule has 120 valence electrons. The number of amides is 1. The van der Waals surface area contributed by atoms with Gasteiger partial charge in [-0.05, 0) is 24.8 Å². The van der Waals surface area contributed by atoms with Gasteiger partial charge in [0, 0.05) is 32.2 Å². The molecule has 2 fully saturated rings. The van der Waals surface area contributed by atoms with E-state index in [0.29, 0.717) is 0 Å². The van der Waals surface area contributed by atoms with Crippen molar-refractivity contribution in [3.05, 3.63) is 35.9 Å². The summed E-state index contributed by atoms with van der Waals surface area (Å²) in [6, 6.07) is 9.92. The maximum atomic E-state index is 12.7. The summed E-state index contributed by atoms with van der Waals surface area (Å²) < 4.78 is 0. The van der Waals surface area contributed by atoms with Crippen molar-refractivity contribution < 1.29 is 4.79 Å². The van der Waals surface area contributed by atoms with Crippen molar-refractivity contribution in [3.8, 4) is 0 Å². The largest absolute Gasteiger partial charge is 0.340 e. The molecule has 1 aromatic carbocycles. The van der Waals surface area contributed by atoms with E-state index in [1.165, 1.54) is 25.7 Å². The van der Waals surface area contributed by atoms with E-state index in [0.717, 1.165) is 44.2 Å². The minimum atomic E-state index is -0.528. The highest BCUT2D eigenvalue weighted by molar-refractivity contribution is 5.83. The summed E-state index contributed by atoms with van der Waals surface area (Å²) in [5, 5.41) is 0. The third kappa shape index (κ3) is 3.50. The average Bonchev–Trinajstić information content (AvgIpc) is 2.99. The fourth-order valence-electron chi connectivity index (χ4n) is 3.79. The molecule has 1 aliphatic carbocycles. The van der Waals surface area contributed by atoms with Gasteiger partial charge in [-0.1, -0.05) is 43.2 Å². The number of nitrogens with two attached hydrogens (primary N) is 1. The van der Waals surface area contributed by atoms with E-state index in [9.17, 15) is 4.79 Å². The predicted octanol–water partition coefficient (Wildman–Crippen LogP) is 2.16. The van der Waals surface area contributed by atoms with E-state index >= 15 is 0 Å². The molecule has 0 spiro atoms. The standard InChI is InChI=1S/C18H27N3O/c19-17(15-7-2-1-3-8-15)18(22)21-12-6-11-20(13-14-21)16-9-4-5-10-16/h1-3,7-8,16-17H,4-6,9-14,19H2. The van der Waals surface area contributed by atoms with Crippen molar-refractivity contribution in [3.63, 3.8) is 0 Å². The fraction of sp³-hybridized carbons (Fsp3) is 0.611. The monoisotopic (exact) mass is 301 g/mol. The maximum absolute atomic E-state index is 12.7. The lowest BCUT2D eigenvalue weighted by Crippen LogP contribution is -2.41. The van der Waals surface area contributed by atoms with Crippen LogP contribution in [0.1, 0.15) is 43.7 Å². The van der Waals surface area contributed by atoms with E-state index < -0.39 is 6.04 Å². The fourth-order valence-corrected chi connectivity index (χ4v) is 3.79. The predicted molar refractivity (Wildman–Crippen MR) is 88.4 cm³/mol. The molecule has 22 heavy (non-hydrogen) atoms. The van der Waals surface area contributed by atoms with Gasteiger partial charge in [-0.25, -0.2) is 0 Å². The minimum Gasteiger partial charge on any atom is -0.340 e. The molecular formula is C18H27N3O. The summed E-state index contributed by atoms with van der Waals surface area (Å²) in [5.41, 5.74) is 7.08. The van der Waals surface area contributed by atoms with E-state index in [1.807, 2.05) is 35.2 Å². The third-order valence-corrected chi connectivity index (χ3v) is 5.11. The molecule has 1 aromatic rings. The number of rotatable bonds is 3. The van der Waals surface area contributed by atoms with Crippen LogP contribution in [-0.2, 0) is 4.79 Å². The van der Waals surface area contributed by atoms with Gasteiger partial charge in [0.15, 0.2) is 0 Å². The zero-order valence-corrected chi connectivity index (χ0v) is 13.3. The topological polar surface area (TPSA) is 49.6 Å². The van der Waals surface area contributed by atoms with Gasteiger partial charge in [0.05, 0.1) is 0 Å². The first kappa shape index (κ1) is 15.5. The SMILES string of the molecule is NC(C(=O)N1CCCN(C2CCCC2)CC1)c1ccccc1. The first-order chi connectivity index (χ1) is 10.8. The smallest absolute Gasteiger partial charge is 0.244 e. The van der Waals surface area contributed by atoms with Crippen LogP contribution < -0.4 is 5.73 Å². The van der Waals surface area contributed by atoms with Crippen molar-refractivity contribution in [2.75, 3.05) is 26.2 Å². The average molecular weight is 301 g/mol. The molecule has 3 rings (SSSR count). The molecule has 4 nitrogen and oxygen atoms in total. The van der Waals surface area contributed by atoms with E-state index in [-0.39, 0.29) is 5.91 Å². The van der Waals surface area contributed by atoms with E-state index in [2.05, 4.69) is 4.90 Å². The highest BCUT2D eigenvalue weighted by Crippen LogP contribution is 2.24. The van der Waals surface area contributed by atoms with Crippen LogP contribution >= 0.6 is 0 Å². The number of benzene rings is 1. The quantitative estimate of drug-likeness (QED) is 0.931. The third-order valence-electron chi connectivity index (χ3n) is 5.11. The number of carbonyl (C=O) groups excluding carboxylic acids is 1. The van der Waals surface area contributed by atoms with Gasteiger partial charge in [0.2, 0.25) is 5.91 Å². The highest BCUT2D eigenvalue weighted by Gasteiger charge is 2.28. The zero-order valence-electron chi connectivity index (χ0n) is 13.3. The van der Waals surface area contributed by atoms with Crippen LogP contribution in [-0.4, -0.2) is 47.9 Å². The van der Waals surface area contributed by atoms with Gasteiger partial charge in [-0.15, -0.1) is 0 Å². The second kappa shape index (κ2) is 7.25. The van der Waals surface area contributed by atoms with Gasteiger partial charge in [0.1, 0.15) is 6.04 Å². The summed E-state index contributed by atoms with van der Waals surface area (Å²) in [4.78, 5) is 17.2. The Labute approximate surface area is 133 Å². The van der Waals surface area contributed by atoms with Crippen LogP contribution in [0.3, 0.4) is 0 Å². The second-order valence-corrected chi connectivity index (χ2v) is 6.54. The Bertz CT molecular complexity index is 484. The van der Waals surface area contributed by atoms with Gasteiger partial charge in [-0.2, -0.15) is 0 Å². The summed E-state index contributed by atoms with van der Waals surface area (Å²) in [5.74, 6) is 0.0690. The molecule has 0 aromatic heterocycles. The van der Waals surface area contributed by atoms with Crippen molar-refractivity contribution in [2.24, 2.45) is 5.73 Å². The van der Waals surface area contributed by atoms with Gasteiger partial charge in [-0.3, -0.25) is 9.69 Å². The molecule has 4 heteroatoms. The molecule has 1 unspecified atom stereocenters. The Balaban J connectivity index is 1.59. The number of carbonyl (C=O) groups is 1. The minimum absolute atomic E-state index is 0.0690. The van der Waals surface area contributed by atoms with Crippen molar-refractivity contribution in [1.29, 1.82) is 0 Å². The van der Waals surface area contributed by atoms with Crippen LogP contribution in [0, 0.1) is 0 Å². The lowest BCUT2D eigenvalue weighted by molar-refractivity contribution is -0.132. The molecule has 1 heterocycles. The molecule has 1 atom stereocenters. The van der Waals surface area contributed by atoms with Crippen LogP contribution in [0.15, 0.2) is 30.3 Å². The number of hydrogen-bond acceptors (Lipinski definition) is 3. The van der Waals surface area contributed by atoms with Crippen LogP contribution in [0.25, 0.3) is 0 Å². The summed E-state index contributed by atoms with van der Waals surface area (Å²) in [6.07, 6.45) is 6.45. The first-order valence-corrected chi connectivity index (χ1v) is 8.59. The van der Waals surface area contributed by atoms with Crippen LogP contribution in [0.2, 0.25) is 0 Å². The molecule has 2 N–H and O–H groups in total. The molecule has 1 aliphatic heterocycles.